The van der Waals surface area contributed by atoms with E-state index in [2.05, 4.69) is 24.0 Å². The van der Waals surface area contributed by atoms with Crippen LogP contribution >= 0.6 is 0 Å². The molecule has 0 fully saturated rings. The first kappa shape index (κ1) is 12.6. The number of aryl methyl sites for hydroxylation is 1. The number of pyridine rings is 1. The summed E-state index contributed by atoms with van der Waals surface area (Å²) in [7, 11) is 0. The summed E-state index contributed by atoms with van der Waals surface area (Å²) in [5.41, 5.74) is 8.75. The second-order valence-corrected chi connectivity index (χ2v) is 4.15. The molecule has 0 aliphatic heterocycles. The zero-order chi connectivity index (χ0) is 12.8. The second kappa shape index (κ2) is 6.17. The van der Waals surface area contributed by atoms with Crippen LogP contribution in [0.25, 0.3) is 0 Å². The van der Waals surface area contributed by atoms with Crippen molar-refractivity contribution in [3.63, 3.8) is 0 Å². The van der Waals surface area contributed by atoms with Gasteiger partial charge in [0.1, 0.15) is 12.4 Å². The molecule has 0 atom stereocenters. The van der Waals surface area contributed by atoms with E-state index in [9.17, 15) is 0 Å². The molecule has 0 aliphatic rings. The van der Waals surface area contributed by atoms with Gasteiger partial charge in [0.2, 0.25) is 0 Å². The molecule has 0 saturated carbocycles. The fourth-order valence-electron chi connectivity index (χ4n) is 1.67. The van der Waals surface area contributed by atoms with Crippen molar-refractivity contribution >= 4 is 0 Å². The van der Waals surface area contributed by atoms with E-state index in [4.69, 9.17) is 10.5 Å². The van der Waals surface area contributed by atoms with E-state index >= 15 is 0 Å². The van der Waals surface area contributed by atoms with Crippen molar-refractivity contribution in [3.05, 3.63) is 59.4 Å². The van der Waals surface area contributed by atoms with Gasteiger partial charge in [-0.3, -0.25) is 4.98 Å². The molecule has 1 heterocycles. The van der Waals surface area contributed by atoms with Crippen LogP contribution in [-0.4, -0.2) is 4.98 Å². The molecule has 0 amide bonds. The van der Waals surface area contributed by atoms with Crippen LogP contribution in [0.2, 0.25) is 0 Å². The minimum absolute atomic E-state index is 0.484. The maximum atomic E-state index is 5.71. The number of benzene rings is 1. The number of hydrogen-bond acceptors (Lipinski definition) is 3. The lowest BCUT2D eigenvalue weighted by molar-refractivity contribution is 0.301. The minimum Gasteiger partial charge on any atom is -0.487 e. The normalized spacial score (nSPS) is 10.3. The van der Waals surface area contributed by atoms with Crippen molar-refractivity contribution < 1.29 is 4.74 Å². The Morgan fingerprint density at radius 2 is 2.06 bits per heavy atom. The van der Waals surface area contributed by atoms with Gasteiger partial charge in [0.05, 0.1) is 5.69 Å². The molecular weight excluding hydrogens is 224 g/mol. The molecule has 3 heteroatoms. The van der Waals surface area contributed by atoms with Crippen LogP contribution in [0.15, 0.2) is 42.6 Å². The van der Waals surface area contributed by atoms with Gasteiger partial charge in [-0.15, -0.1) is 0 Å². The predicted molar refractivity (Wildman–Crippen MR) is 72.3 cm³/mol. The van der Waals surface area contributed by atoms with Crippen LogP contribution in [0.1, 0.15) is 23.7 Å². The molecule has 0 bridgehead atoms. The van der Waals surface area contributed by atoms with Gasteiger partial charge in [-0.25, -0.2) is 0 Å². The van der Waals surface area contributed by atoms with Crippen molar-refractivity contribution in [1.29, 1.82) is 0 Å². The Hall–Kier alpha value is -1.87. The average molecular weight is 242 g/mol. The summed E-state index contributed by atoms with van der Waals surface area (Å²) in [6.45, 7) is 3.14. The monoisotopic (exact) mass is 242 g/mol. The van der Waals surface area contributed by atoms with Gasteiger partial charge in [-0.05, 0) is 35.7 Å². The highest BCUT2D eigenvalue weighted by Gasteiger charge is 1.98. The molecule has 2 aromatic rings. The summed E-state index contributed by atoms with van der Waals surface area (Å²) in [6.07, 6.45) is 2.81. The van der Waals surface area contributed by atoms with Crippen LogP contribution in [0, 0.1) is 0 Å². The highest BCUT2D eigenvalue weighted by Crippen LogP contribution is 2.15. The highest BCUT2D eigenvalue weighted by atomic mass is 16.5. The van der Waals surface area contributed by atoms with Crippen LogP contribution in [0.5, 0.6) is 5.75 Å². The molecule has 0 unspecified atom stereocenters. The lowest BCUT2D eigenvalue weighted by Gasteiger charge is -2.07. The highest BCUT2D eigenvalue weighted by molar-refractivity contribution is 5.28. The summed E-state index contributed by atoms with van der Waals surface area (Å²) in [4.78, 5) is 4.30. The molecule has 0 radical (unpaired) electrons. The predicted octanol–water partition coefficient (Wildman–Crippen LogP) is 2.68. The standard InChI is InChI=1S/C15H18N2O/c1-2-12-4-3-5-15(8-12)18-11-14-7-6-13(9-16)10-17-14/h3-8,10H,2,9,11,16H2,1H3. The summed E-state index contributed by atoms with van der Waals surface area (Å²) < 4.78 is 5.71. The summed E-state index contributed by atoms with van der Waals surface area (Å²) in [5, 5.41) is 0. The van der Waals surface area contributed by atoms with Gasteiger partial charge in [0.25, 0.3) is 0 Å². The van der Waals surface area contributed by atoms with E-state index in [0.717, 1.165) is 23.4 Å². The first-order chi connectivity index (χ1) is 8.81. The second-order valence-electron chi connectivity index (χ2n) is 4.15. The van der Waals surface area contributed by atoms with Gasteiger partial charge < -0.3 is 10.5 Å². The van der Waals surface area contributed by atoms with Gasteiger partial charge in [-0.2, -0.15) is 0 Å². The summed E-state index contributed by atoms with van der Waals surface area (Å²) in [5.74, 6) is 0.888. The number of aromatic nitrogens is 1. The van der Waals surface area contributed by atoms with Gasteiger partial charge in [0.15, 0.2) is 0 Å². The molecular formula is C15H18N2O. The number of rotatable bonds is 5. The SMILES string of the molecule is CCc1cccc(OCc2ccc(CN)cn2)c1. The lowest BCUT2D eigenvalue weighted by atomic mass is 10.2. The Kier molecular flexibility index (Phi) is 4.31. The van der Waals surface area contributed by atoms with Crippen LogP contribution in [-0.2, 0) is 19.6 Å². The average Bonchev–Trinajstić information content (AvgIpc) is 2.46. The molecule has 2 N–H and O–H groups in total. The maximum absolute atomic E-state index is 5.71. The van der Waals surface area contributed by atoms with Crippen LogP contribution in [0.3, 0.4) is 0 Å². The third-order valence-electron chi connectivity index (χ3n) is 2.82. The Bertz CT molecular complexity index is 494. The number of hydrogen-bond donors (Lipinski definition) is 1. The number of ether oxygens (including phenoxy) is 1. The quantitative estimate of drug-likeness (QED) is 0.877. The van der Waals surface area contributed by atoms with E-state index in [0.29, 0.717) is 13.2 Å². The molecule has 94 valence electrons. The van der Waals surface area contributed by atoms with Crippen LogP contribution < -0.4 is 10.5 Å². The molecule has 0 saturated heterocycles. The molecule has 18 heavy (non-hydrogen) atoms. The van der Waals surface area contributed by atoms with E-state index in [1.165, 1.54) is 5.56 Å². The van der Waals surface area contributed by atoms with E-state index in [1.54, 1.807) is 6.20 Å². The fraction of sp³-hybridized carbons (Fsp3) is 0.267. The maximum Gasteiger partial charge on any atom is 0.130 e. The molecule has 0 spiro atoms. The molecule has 3 nitrogen and oxygen atoms in total. The first-order valence-corrected chi connectivity index (χ1v) is 6.17. The minimum atomic E-state index is 0.484. The van der Waals surface area contributed by atoms with Crippen LogP contribution in [0.4, 0.5) is 0 Å². The van der Waals surface area contributed by atoms with Gasteiger partial charge >= 0.3 is 0 Å². The molecule has 1 aromatic carbocycles. The number of nitrogens with zero attached hydrogens (tertiary/aromatic N) is 1. The van der Waals surface area contributed by atoms with Crippen molar-refractivity contribution in [2.45, 2.75) is 26.5 Å². The van der Waals surface area contributed by atoms with Crippen molar-refractivity contribution in [1.82, 2.24) is 4.98 Å². The Balaban J connectivity index is 1.97. The molecule has 0 aliphatic carbocycles. The van der Waals surface area contributed by atoms with Gasteiger partial charge in [-0.1, -0.05) is 25.1 Å². The summed E-state index contributed by atoms with van der Waals surface area (Å²) in [6, 6.07) is 12.1. The third-order valence-corrected chi connectivity index (χ3v) is 2.82. The zero-order valence-corrected chi connectivity index (χ0v) is 10.6. The Labute approximate surface area is 108 Å². The largest absolute Gasteiger partial charge is 0.487 e. The third kappa shape index (κ3) is 3.31. The molecule has 1 aromatic heterocycles. The van der Waals surface area contributed by atoms with Crippen molar-refractivity contribution in [2.75, 3.05) is 0 Å². The summed E-state index contributed by atoms with van der Waals surface area (Å²) >= 11 is 0. The Morgan fingerprint density at radius 3 is 2.72 bits per heavy atom. The zero-order valence-electron chi connectivity index (χ0n) is 10.6. The molecule has 2 rings (SSSR count). The fourth-order valence-corrected chi connectivity index (χ4v) is 1.67. The first-order valence-electron chi connectivity index (χ1n) is 6.17. The van der Waals surface area contributed by atoms with E-state index in [-0.39, 0.29) is 0 Å². The lowest BCUT2D eigenvalue weighted by Crippen LogP contribution is -2.01. The topological polar surface area (TPSA) is 48.1 Å². The van der Waals surface area contributed by atoms with Crippen molar-refractivity contribution in [3.8, 4) is 5.75 Å². The Morgan fingerprint density at radius 1 is 1.17 bits per heavy atom. The van der Waals surface area contributed by atoms with E-state index in [1.807, 2.05) is 24.3 Å². The van der Waals surface area contributed by atoms with Gasteiger partial charge in [0, 0.05) is 12.7 Å². The van der Waals surface area contributed by atoms with E-state index < -0.39 is 0 Å². The van der Waals surface area contributed by atoms with Crippen molar-refractivity contribution in [2.24, 2.45) is 5.73 Å². The smallest absolute Gasteiger partial charge is 0.130 e. The number of nitrogens with two attached hydrogens (primary N) is 1.